The largest absolute Gasteiger partial charge is 0.392 e. The van der Waals surface area contributed by atoms with Gasteiger partial charge in [-0.1, -0.05) is 24.3 Å². The predicted molar refractivity (Wildman–Crippen MR) is 100 cm³/mol. The third kappa shape index (κ3) is 3.83. The second kappa shape index (κ2) is 7.24. The van der Waals surface area contributed by atoms with Gasteiger partial charge < -0.3 is 10.0 Å². The quantitative estimate of drug-likeness (QED) is 0.914. The first-order valence-corrected chi connectivity index (χ1v) is 9.09. The van der Waals surface area contributed by atoms with Gasteiger partial charge in [-0.05, 0) is 72.2 Å². The average Bonchev–Trinajstić information content (AvgIpc) is 2.77. The van der Waals surface area contributed by atoms with E-state index in [0.29, 0.717) is 12.8 Å². The van der Waals surface area contributed by atoms with Crippen molar-refractivity contribution in [2.75, 3.05) is 13.1 Å². The van der Waals surface area contributed by atoms with Crippen molar-refractivity contribution in [1.29, 1.82) is 0 Å². The van der Waals surface area contributed by atoms with E-state index in [9.17, 15) is 5.11 Å². The van der Waals surface area contributed by atoms with E-state index < -0.39 is 0 Å². The Hall–Kier alpha value is -2.39. The zero-order chi connectivity index (χ0) is 17.1. The second-order valence-corrected chi connectivity index (χ2v) is 6.96. The molecule has 1 unspecified atom stereocenters. The van der Waals surface area contributed by atoms with Gasteiger partial charge in [-0.25, -0.2) is 0 Å². The molecule has 1 atom stereocenters. The molecule has 2 aliphatic rings. The van der Waals surface area contributed by atoms with E-state index in [1.165, 1.54) is 22.4 Å². The summed E-state index contributed by atoms with van der Waals surface area (Å²) in [6, 6.07) is 10.7. The zero-order valence-electron chi connectivity index (χ0n) is 14.4. The van der Waals surface area contributed by atoms with Gasteiger partial charge in [-0.15, -0.1) is 0 Å². The monoisotopic (exact) mass is 332 g/mol. The molecule has 0 radical (unpaired) electrons. The Labute approximate surface area is 149 Å². The third-order valence-electron chi connectivity index (χ3n) is 5.16. The summed E-state index contributed by atoms with van der Waals surface area (Å²) in [5.41, 5.74) is 6.63. The summed E-state index contributed by atoms with van der Waals surface area (Å²) in [6.45, 7) is 2.17. The second-order valence-electron chi connectivity index (χ2n) is 6.96. The lowest BCUT2D eigenvalue weighted by atomic mass is 9.96. The predicted octanol–water partition coefficient (Wildman–Crippen LogP) is 3.08. The molecule has 0 spiro atoms. The zero-order valence-corrected chi connectivity index (χ0v) is 14.4. The number of nitrogens with zero attached hydrogens (tertiary/aromatic N) is 2. The fourth-order valence-corrected chi connectivity index (χ4v) is 3.69. The maximum atomic E-state index is 10.4. The number of fused-ring (bicyclic) bond motifs is 1. The molecular weight excluding hydrogens is 308 g/mol. The molecular formula is C22H24N2O. The fraction of sp³-hybridized carbons (Fsp3) is 0.318. The van der Waals surface area contributed by atoms with Crippen molar-refractivity contribution in [2.45, 2.75) is 31.8 Å². The number of aliphatic hydroxyl groups is 1. The SMILES string of the molecule is OC(Cc1ccncc1)Cc1ccc2c(c1)CCN(C1=CC=C1)CC2. The maximum Gasteiger partial charge on any atom is 0.0620 e. The number of allylic oxidation sites excluding steroid dienone is 3. The van der Waals surface area contributed by atoms with Crippen molar-refractivity contribution < 1.29 is 5.11 Å². The molecule has 0 saturated carbocycles. The van der Waals surface area contributed by atoms with Crippen LogP contribution in [0.15, 0.2) is 66.7 Å². The number of hydrogen-bond acceptors (Lipinski definition) is 3. The van der Waals surface area contributed by atoms with Crippen LogP contribution in [0.5, 0.6) is 0 Å². The van der Waals surface area contributed by atoms with Crippen molar-refractivity contribution in [2.24, 2.45) is 0 Å². The molecule has 3 nitrogen and oxygen atoms in total. The number of aliphatic hydroxyl groups excluding tert-OH is 1. The van der Waals surface area contributed by atoms with Crippen LogP contribution in [0, 0.1) is 0 Å². The summed E-state index contributed by atoms with van der Waals surface area (Å²) < 4.78 is 0. The number of rotatable bonds is 5. The molecule has 1 aliphatic carbocycles. The number of benzene rings is 1. The van der Waals surface area contributed by atoms with Crippen molar-refractivity contribution in [3.63, 3.8) is 0 Å². The van der Waals surface area contributed by atoms with E-state index in [1.54, 1.807) is 12.4 Å². The Morgan fingerprint density at radius 2 is 1.68 bits per heavy atom. The molecule has 25 heavy (non-hydrogen) atoms. The van der Waals surface area contributed by atoms with Gasteiger partial charge in [0.1, 0.15) is 0 Å². The van der Waals surface area contributed by atoms with Gasteiger partial charge in [0.15, 0.2) is 0 Å². The Morgan fingerprint density at radius 3 is 2.40 bits per heavy atom. The molecule has 0 amide bonds. The standard InChI is InChI=1S/C22H24N2O/c25-22(15-17-6-10-23-11-7-17)16-18-4-5-19-8-12-24(21-2-1-3-21)13-9-20(19)14-18/h1-7,10-11,14,22,25H,8-9,12-13,15-16H2. The van der Waals surface area contributed by atoms with Gasteiger partial charge in [0.2, 0.25) is 0 Å². The van der Waals surface area contributed by atoms with Crippen molar-refractivity contribution in [3.8, 4) is 0 Å². The van der Waals surface area contributed by atoms with E-state index in [1.807, 2.05) is 12.1 Å². The van der Waals surface area contributed by atoms with E-state index in [0.717, 1.165) is 31.5 Å². The van der Waals surface area contributed by atoms with Gasteiger partial charge in [0.25, 0.3) is 0 Å². The molecule has 1 aliphatic heterocycles. The fourth-order valence-electron chi connectivity index (χ4n) is 3.69. The number of pyridine rings is 1. The van der Waals surface area contributed by atoms with Crippen LogP contribution >= 0.6 is 0 Å². The van der Waals surface area contributed by atoms with Gasteiger partial charge in [-0.3, -0.25) is 4.98 Å². The highest BCUT2D eigenvalue weighted by Crippen LogP contribution is 2.23. The highest BCUT2D eigenvalue weighted by atomic mass is 16.3. The first kappa shape index (κ1) is 16.1. The van der Waals surface area contributed by atoms with Gasteiger partial charge in [-0.2, -0.15) is 0 Å². The average molecular weight is 332 g/mol. The minimum Gasteiger partial charge on any atom is -0.392 e. The number of aromatic nitrogens is 1. The maximum absolute atomic E-state index is 10.4. The van der Waals surface area contributed by atoms with Crippen molar-refractivity contribution >= 4 is 0 Å². The molecule has 0 saturated heterocycles. The van der Waals surface area contributed by atoms with Crippen molar-refractivity contribution in [3.05, 3.63) is 88.9 Å². The van der Waals surface area contributed by atoms with Crippen LogP contribution in [-0.2, 0) is 25.7 Å². The molecule has 4 rings (SSSR count). The molecule has 1 aromatic heterocycles. The van der Waals surface area contributed by atoms with Crippen molar-refractivity contribution in [1.82, 2.24) is 9.88 Å². The molecule has 128 valence electrons. The van der Waals surface area contributed by atoms with Crippen LogP contribution in [-0.4, -0.2) is 34.2 Å². The Morgan fingerprint density at radius 1 is 0.960 bits per heavy atom. The van der Waals surface area contributed by atoms with E-state index in [-0.39, 0.29) is 6.10 Å². The van der Waals surface area contributed by atoms with Gasteiger partial charge in [0.05, 0.1) is 6.10 Å². The minimum absolute atomic E-state index is 0.354. The molecule has 2 aromatic rings. The number of hydrogen-bond donors (Lipinski definition) is 1. The van der Waals surface area contributed by atoms with Gasteiger partial charge >= 0.3 is 0 Å². The lowest BCUT2D eigenvalue weighted by Crippen LogP contribution is -2.26. The lowest BCUT2D eigenvalue weighted by molar-refractivity contribution is 0.175. The van der Waals surface area contributed by atoms with Crippen LogP contribution in [0.25, 0.3) is 0 Å². The minimum atomic E-state index is -0.354. The summed E-state index contributed by atoms with van der Waals surface area (Å²) in [5, 5.41) is 10.4. The lowest BCUT2D eigenvalue weighted by Gasteiger charge is -2.26. The summed E-state index contributed by atoms with van der Waals surface area (Å²) in [6.07, 6.45) is 13.2. The van der Waals surface area contributed by atoms with E-state index in [2.05, 4.69) is 46.3 Å². The van der Waals surface area contributed by atoms with E-state index in [4.69, 9.17) is 0 Å². The molecule has 3 heteroatoms. The third-order valence-corrected chi connectivity index (χ3v) is 5.16. The summed E-state index contributed by atoms with van der Waals surface area (Å²) in [4.78, 5) is 6.50. The first-order valence-electron chi connectivity index (χ1n) is 9.09. The van der Waals surface area contributed by atoms with E-state index >= 15 is 0 Å². The Bertz CT molecular complexity index is 795. The van der Waals surface area contributed by atoms with Crippen LogP contribution in [0.3, 0.4) is 0 Å². The smallest absolute Gasteiger partial charge is 0.0620 e. The normalized spacial score (nSPS) is 17.3. The Balaban J connectivity index is 1.40. The van der Waals surface area contributed by atoms with Crippen LogP contribution in [0.4, 0.5) is 0 Å². The molecule has 1 aromatic carbocycles. The highest BCUT2D eigenvalue weighted by Gasteiger charge is 2.17. The molecule has 1 N–H and O–H groups in total. The summed E-state index contributed by atoms with van der Waals surface area (Å²) in [7, 11) is 0. The topological polar surface area (TPSA) is 36.4 Å². The Kier molecular flexibility index (Phi) is 4.66. The summed E-state index contributed by atoms with van der Waals surface area (Å²) >= 11 is 0. The molecule has 2 heterocycles. The van der Waals surface area contributed by atoms with Crippen LogP contribution in [0.1, 0.15) is 22.3 Å². The molecule has 0 bridgehead atoms. The van der Waals surface area contributed by atoms with Gasteiger partial charge in [0, 0.05) is 31.2 Å². The summed E-state index contributed by atoms with van der Waals surface area (Å²) in [5.74, 6) is 0. The molecule has 0 fully saturated rings. The van der Waals surface area contributed by atoms with Crippen LogP contribution in [0.2, 0.25) is 0 Å². The highest BCUT2D eigenvalue weighted by molar-refractivity contribution is 5.37. The first-order chi connectivity index (χ1) is 12.3. The van der Waals surface area contributed by atoms with Crippen LogP contribution < -0.4 is 0 Å².